The van der Waals surface area contributed by atoms with Gasteiger partial charge in [0.2, 0.25) is 0 Å². The molecule has 0 bridgehead atoms. The summed E-state index contributed by atoms with van der Waals surface area (Å²) >= 11 is 0. The third-order valence-corrected chi connectivity index (χ3v) is 5.60. The molecule has 0 spiro atoms. The van der Waals surface area contributed by atoms with E-state index in [1.165, 1.54) is 27.6 Å². The molecule has 1 aliphatic carbocycles. The summed E-state index contributed by atoms with van der Waals surface area (Å²) in [5.41, 5.74) is 5.69. The first kappa shape index (κ1) is 14.8. The number of hydrogen-bond donors (Lipinski definition) is 0. The first-order valence-corrected chi connectivity index (χ1v) is 8.76. The van der Waals surface area contributed by atoms with Crippen LogP contribution in [0.5, 0.6) is 5.75 Å². The average molecular weight is 322 g/mol. The van der Waals surface area contributed by atoms with Crippen LogP contribution in [0.4, 0.5) is 0 Å². The van der Waals surface area contributed by atoms with Gasteiger partial charge in [-0.25, -0.2) is 0 Å². The van der Waals surface area contributed by atoms with E-state index < -0.39 is 5.50 Å². The Hall–Kier alpha value is -2.48. The Labute approximate surface area is 149 Å². The molecule has 1 aliphatic heterocycles. The molecule has 2 radical (unpaired) electrons. The van der Waals surface area contributed by atoms with Crippen molar-refractivity contribution in [3.63, 3.8) is 0 Å². The lowest BCUT2D eigenvalue weighted by molar-refractivity contribution is 0.226. The van der Waals surface area contributed by atoms with Crippen molar-refractivity contribution in [2.24, 2.45) is 0 Å². The Morgan fingerprint density at radius 3 is 2.36 bits per heavy atom. The number of rotatable bonds is 0. The van der Waals surface area contributed by atoms with Gasteiger partial charge >= 0.3 is 0 Å². The van der Waals surface area contributed by atoms with Crippen LogP contribution in [0.15, 0.2) is 54.6 Å². The molecule has 0 saturated heterocycles. The van der Waals surface area contributed by atoms with Crippen molar-refractivity contribution < 1.29 is 4.74 Å². The van der Waals surface area contributed by atoms with E-state index in [1.54, 1.807) is 0 Å². The summed E-state index contributed by atoms with van der Waals surface area (Å²) in [4.78, 5) is 0. The maximum atomic E-state index is 6.27. The van der Waals surface area contributed by atoms with Gasteiger partial charge in [0.25, 0.3) is 0 Å². The van der Waals surface area contributed by atoms with Gasteiger partial charge in [-0.1, -0.05) is 74.5 Å². The van der Waals surface area contributed by atoms with Crippen LogP contribution in [0.2, 0.25) is 0 Å². The number of benzene rings is 3. The first-order chi connectivity index (χ1) is 11.9. The van der Waals surface area contributed by atoms with Gasteiger partial charge in [-0.15, -0.1) is 0 Å². The van der Waals surface area contributed by atoms with E-state index in [9.17, 15) is 0 Å². The van der Waals surface area contributed by atoms with Gasteiger partial charge in [0.15, 0.2) is 0 Å². The van der Waals surface area contributed by atoms with Crippen molar-refractivity contribution in [1.29, 1.82) is 0 Å². The van der Waals surface area contributed by atoms with E-state index in [4.69, 9.17) is 12.6 Å². The van der Waals surface area contributed by atoms with E-state index >= 15 is 0 Å². The van der Waals surface area contributed by atoms with Gasteiger partial charge in [-0.05, 0) is 34.6 Å². The van der Waals surface area contributed by atoms with Crippen LogP contribution in [0.3, 0.4) is 0 Å². The van der Waals surface area contributed by atoms with Crippen molar-refractivity contribution in [2.45, 2.75) is 31.7 Å². The van der Waals surface area contributed by atoms with Crippen LogP contribution in [0.25, 0.3) is 28.0 Å². The number of ether oxygens (including phenoxy) is 1. The second kappa shape index (κ2) is 4.57. The summed E-state index contributed by atoms with van der Waals surface area (Å²) < 4.78 is 6.24. The Bertz CT molecular complexity index is 1070. The van der Waals surface area contributed by atoms with E-state index in [0.29, 0.717) is 0 Å². The molecule has 0 amide bonds. The molecule has 2 aliphatic rings. The van der Waals surface area contributed by atoms with Crippen molar-refractivity contribution in [3.05, 3.63) is 71.3 Å². The van der Waals surface area contributed by atoms with E-state index in [1.807, 2.05) is 13.0 Å². The zero-order valence-corrected chi connectivity index (χ0v) is 14.8. The Kier molecular flexibility index (Phi) is 2.71. The third-order valence-electron chi connectivity index (χ3n) is 5.60. The zero-order valence-electron chi connectivity index (χ0n) is 14.8. The lowest BCUT2D eigenvalue weighted by Crippen LogP contribution is -2.33. The minimum atomic E-state index is -0.778. The SMILES string of the molecule is [B]C1(C)C=Cc2c3c(c4ccccc4c2O1)-c1ccccc1C3(C)C. The zero-order chi connectivity index (χ0) is 17.4. The summed E-state index contributed by atoms with van der Waals surface area (Å²) in [5.74, 6) is 0.905. The largest absolute Gasteiger partial charge is 0.492 e. The van der Waals surface area contributed by atoms with Crippen LogP contribution >= 0.6 is 0 Å². The van der Waals surface area contributed by atoms with E-state index in [-0.39, 0.29) is 5.41 Å². The smallest absolute Gasteiger partial charge is 0.137 e. The number of hydrogen-bond acceptors (Lipinski definition) is 1. The molecule has 5 rings (SSSR count). The molecule has 2 heteroatoms. The normalized spacial score (nSPS) is 22.2. The van der Waals surface area contributed by atoms with Gasteiger partial charge < -0.3 is 4.74 Å². The highest BCUT2D eigenvalue weighted by molar-refractivity contribution is 6.17. The quantitative estimate of drug-likeness (QED) is 0.501. The molecule has 1 nitrogen and oxygen atoms in total. The standard InChI is InChI=1S/C23H19BO/c1-22(2)18-11-7-6-10-16(18)19-14-8-4-5-9-15(14)21-17(20(19)22)12-13-23(3,24)25-21/h4-13H,1-3H3. The molecule has 0 N–H and O–H groups in total. The number of fused-ring (bicyclic) bond motifs is 8. The van der Waals surface area contributed by atoms with Gasteiger partial charge in [0.05, 0.1) is 5.50 Å². The minimum Gasteiger partial charge on any atom is -0.492 e. The second-order valence-corrected chi connectivity index (χ2v) is 7.83. The molecule has 25 heavy (non-hydrogen) atoms. The summed E-state index contributed by atoms with van der Waals surface area (Å²) in [7, 11) is 6.27. The maximum Gasteiger partial charge on any atom is 0.137 e. The molecule has 0 aromatic heterocycles. The monoisotopic (exact) mass is 322 g/mol. The van der Waals surface area contributed by atoms with Crippen molar-refractivity contribution in [1.82, 2.24) is 0 Å². The highest BCUT2D eigenvalue weighted by Gasteiger charge is 2.40. The lowest BCUT2D eigenvalue weighted by Gasteiger charge is -2.33. The van der Waals surface area contributed by atoms with Gasteiger partial charge in [-0.2, -0.15) is 0 Å². The van der Waals surface area contributed by atoms with Gasteiger partial charge in [-0.3, -0.25) is 0 Å². The first-order valence-electron chi connectivity index (χ1n) is 8.76. The molecular weight excluding hydrogens is 303 g/mol. The molecule has 1 unspecified atom stereocenters. The van der Waals surface area contributed by atoms with Crippen molar-refractivity contribution in [2.75, 3.05) is 0 Å². The highest BCUT2D eigenvalue weighted by atomic mass is 16.5. The third kappa shape index (κ3) is 1.85. The summed E-state index contributed by atoms with van der Waals surface area (Å²) in [6.07, 6.45) is 4.11. The highest BCUT2D eigenvalue weighted by Crippen LogP contribution is 2.56. The van der Waals surface area contributed by atoms with E-state index in [2.05, 4.69) is 68.5 Å². The Balaban J connectivity index is 2.01. The molecule has 0 saturated carbocycles. The van der Waals surface area contributed by atoms with Crippen molar-refractivity contribution >= 4 is 24.7 Å². The minimum absolute atomic E-state index is 0.0733. The van der Waals surface area contributed by atoms with Crippen LogP contribution in [0.1, 0.15) is 37.5 Å². The molecule has 3 aromatic carbocycles. The topological polar surface area (TPSA) is 9.23 Å². The Morgan fingerprint density at radius 1 is 0.880 bits per heavy atom. The molecule has 1 heterocycles. The fourth-order valence-electron chi connectivity index (χ4n) is 4.51. The van der Waals surface area contributed by atoms with Crippen molar-refractivity contribution in [3.8, 4) is 16.9 Å². The molecule has 3 aromatic rings. The second-order valence-electron chi connectivity index (χ2n) is 7.83. The maximum absolute atomic E-state index is 6.27. The predicted molar refractivity (Wildman–Crippen MR) is 105 cm³/mol. The van der Waals surface area contributed by atoms with Crippen LogP contribution in [-0.2, 0) is 5.41 Å². The van der Waals surface area contributed by atoms with Crippen LogP contribution in [0, 0.1) is 0 Å². The Morgan fingerprint density at radius 2 is 1.56 bits per heavy atom. The summed E-state index contributed by atoms with van der Waals surface area (Å²) in [6.45, 7) is 6.50. The van der Waals surface area contributed by atoms with Crippen LogP contribution in [-0.4, -0.2) is 13.3 Å². The fraction of sp³-hybridized carbons (Fsp3) is 0.217. The van der Waals surface area contributed by atoms with Gasteiger partial charge in [0.1, 0.15) is 13.6 Å². The fourth-order valence-corrected chi connectivity index (χ4v) is 4.51. The van der Waals surface area contributed by atoms with Gasteiger partial charge in [0, 0.05) is 16.4 Å². The average Bonchev–Trinajstić information content (AvgIpc) is 2.83. The van der Waals surface area contributed by atoms with E-state index in [0.717, 1.165) is 16.7 Å². The molecule has 0 fully saturated rings. The molecule has 120 valence electrons. The molecular formula is C23H19BO. The predicted octanol–water partition coefficient (Wildman–Crippen LogP) is 5.44. The summed E-state index contributed by atoms with van der Waals surface area (Å²) in [5, 5.41) is 2.37. The lowest BCUT2D eigenvalue weighted by atomic mass is 9.76. The molecule has 1 atom stereocenters. The summed E-state index contributed by atoms with van der Waals surface area (Å²) in [6, 6.07) is 17.2. The van der Waals surface area contributed by atoms with Crippen LogP contribution < -0.4 is 4.74 Å².